The topological polar surface area (TPSA) is 8.82 Å². The van der Waals surface area contributed by atoms with Crippen LogP contribution in [0.1, 0.15) is 105 Å². The van der Waals surface area contributed by atoms with Crippen molar-refractivity contribution in [1.29, 1.82) is 0 Å². The van der Waals surface area contributed by atoms with Gasteiger partial charge in [0.15, 0.2) is 0 Å². The Hall–Kier alpha value is -6.38. The zero-order valence-electron chi connectivity index (χ0n) is 39.6. The average molecular weight is 831 g/mol. The van der Waals surface area contributed by atoms with Crippen molar-refractivity contribution in [3.05, 3.63) is 156 Å². The van der Waals surface area contributed by atoms with Gasteiger partial charge in [-0.05, 0) is 132 Å². The fourth-order valence-electron chi connectivity index (χ4n) is 11.1. The van der Waals surface area contributed by atoms with E-state index < -0.39 is 0 Å². The molecule has 0 saturated carbocycles. The minimum atomic E-state index is -0.0537. The van der Waals surface area contributed by atoms with Crippen LogP contribution in [0.15, 0.2) is 133 Å². The summed E-state index contributed by atoms with van der Waals surface area (Å²) in [5, 5.41) is 13.2. The standard InChI is InChI=1S/C62H58N2/c1-59(2,3)38-23-25-51-44(28-38)47-31-41(62(10,11)12)33-50-55-53(63(51)57(47)50)34-49-48-32-40(61(7,8)9)30-46-45-29-39(60(4,5)6)24-26-52(45)64(56(46)48)58(49)54(55)37-20-15-19-36(27-37)43-22-16-18-35-17-13-14-21-42(35)43/h13-34H,1-12H3. The van der Waals surface area contributed by atoms with E-state index in [-0.39, 0.29) is 21.7 Å². The molecule has 4 aromatic heterocycles. The number of benzene rings is 8. The van der Waals surface area contributed by atoms with Crippen LogP contribution in [0.5, 0.6) is 0 Å². The minimum absolute atomic E-state index is 0.0243. The molecule has 0 N–H and O–H groups in total. The summed E-state index contributed by atoms with van der Waals surface area (Å²) in [5.74, 6) is 0. The van der Waals surface area contributed by atoms with Gasteiger partial charge in [0.25, 0.3) is 0 Å². The Morgan fingerprint density at radius 3 is 1.39 bits per heavy atom. The van der Waals surface area contributed by atoms with E-state index >= 15 is 0 Å². The summed E-state index contributed by atoms with van der Waals surface area (Å²) in [7, 11) is 0. The van der Waals surface area contributed by atoms with Crippen molar-refractivity contribution in [2.45, 2.75) is 105 Å². The van der Waals surface area contributed by atoms with Crippen molar-refractivity contribution < 1.29 is 0 Å². The first-order valence-corrected chi connectivity index (χ1v) is 23.3. The van der Waals surface area contributed by atoms with Crippen molar-refractivity contribution in [3.8, 4) is 22.3 Å². The van der Waals surface area contributed by atoms with Gasteiger partial charge < -0.3 is 8.80 Å². The minimum Gasteiger partial charge on any atom is -0.308 e. The van der Waals surface area contributed by atoms with Gasteiger partial charge in [0, 0.05) is 48.7 Å². The summed E-state index contributed by atoms with van der Waals surface area (Å²) < 4.78 is 5.28. The van der Waals surface area contributed by atoms with Gasteiger partial charge in [-0.25, -0.2) is 0 Å². The number of hydrogen-bond acceptors (Lipinski definition) is 0. The monoisotopic (exact) mass is 830 g/mol. The van der Waals surface area contributed by atoms with Crippen molar-refractivity contribution in [2.75, 3.05) is 0 Å². The third-order valence-electron chi connectivity index (χ3n) is 14.7. The second-order valence-corrected chi connectivity index (χ2v) is 23.1. The molecule has 4 heterocycles. The van der Waals surface area contributed by atoms with Crippen LogP contribution >= 0.6 is 0 Å². The Morgan fingerprint density at radius 1 is 0.312 bits per heavy atom. The first kappa shape index (κ1) is 39.2. The van der Waals surface area contributed by atoms with Crippen molar-refractivity contribution >= 4 is 87.0 Å². The molecule has 0 spiro atoms. The lowest BCUT2D eigenvalue weighted by molar-refractivity contribution is 0.590. The van der Waals surface area contributed by atoms with Crippen molar-refractivity contribution in [3.63, 3.8) is 0 Å². The van der Waals surface area contributed by atoms with E-state index in [0.717, 1.165) is 0 Å². The Bertz CT molecular complexity index is 3900. The summed E-state index contributed by atoms with van der Waals surface area (Å²) in [4.78, 5) is 0. The molecule has 8 aromatic carbocycles. The van der Waals surface area contributed by atoms with E-state index in [9.17, 15) is 0 Å². The number of hydrogen-bond donors (Lipinski definition) is 0. The summed E-state index contributed by atoms with van der Waals surface area (Å²) in [6.45, 7) is 28.2. The summed E-state index contributed by atoms with van der Waals surface area (Å²) >= 11 is 0. The molecule has 0 aliphatic heterocycles. The maximum atomic E-state index is 2.65. The lowest BCUT2D eigenvalue weighted by Gasteiger charge is -2.21. The smallest absolute Gasteiger partial charge is 0.0627 e. The van der Waals surface area contributed by atoms with Crippen LogP contribution in [0, 0.1) is 0 Å². The molecule has 0 amide bonds. The third-order valence-corrected chi connectivity index (χ3v) is 14.7. The average Bonchev–Trinajstić information content (AvgIpc) is 3.97. The molecular weight excluding hydrogens is 773 g/mol. The normalized spacial score (nSPS) is 13.6. The maximum Gasteiger partial charge on any atom is 0.0627 e. The lowest BCUT2D eigenvalue weighted by Crippen LogP contribution is -2.11. The predicted molar refractivity (Wildman–Crippen MR) is 279 cm³/mol. The zero-order chi connectivity index (χ0) is 44.6. The first-order chi connectivity index (χ1) is 30.3. The molecule has 316 valence electrons. The van der Waals surface area contributed by atoms with Gasteiger partial charge in [-0.2, -0.15) is 0 Å². The second-order valence-electron chi connectivity index (χ2n) is 23.1. The van der Waals surface area contributed by atoms with E-state index in [4.69, 9.17) is 0 Å². The number of rotatable bonds is 2. The molecule has 0 saturated heterocycles. The van der Waals surface area contributed by atoms with E-state index in [1.165, 1.54) is 131 Å². The van der Waals surface area contributed by atoms with Crippen LogP contribution in [0.25, 0.3) is 109 Å². The van der Waals surface area contributed by atoms with Gasteiger partial charge in [0.05, 0.1) is 33.1 Å². The highest BCUT2D eigenvalue weighted by Gasteiger charge is 2.31. The van der Waals surface area contributed by atoms with E-state index in [0.29, 0.717) is 0 Å². The lowest BCUT2D eigenvalue weighted by atomic mass is 9.83. The molecule has 0 unspecified atom stereocenters. The summed E-state index contributed by atoms with van der Waals surface area (Å²) in [6, 6.07) is 52.2. The predicted octanol–water partition coefficient (Wildman–Crippen LogP) is 17.7. The van der Waals surface area contributed by atoms with Crippen LogP contribution in [0.2, 0.25) is 0 Å². The van der Waals surface area contributed by atoms with Crippen molar-refractivity contribution in [1.82, 2.24) is 8.80 Å². The molecule has 0 aliphatic rings. The van der Waals surface area contributed by atoms with E-state index in [1.807, 2.05) is 0 Å². The SMILES string of the molecule is CC(C)(C)c1ccc2c(c1)c1cc(C(C)(C)C)cc3c4c(-c5cccc(-c6cccc7ccccc67)c5)c5c(cc4n2c13)c1cc(C(C)(C)C)cc2c3cc(C(C)(C)C)ccc3n5c21. The van der Waals surface area contributed by atoms with Crippen LogP contribution in [0.3, 0.4) is 0 Å². The molecule has 0 atom stereocenters. The molecule has 2 nitrogen and oxygen atoms in total. The Balaban J connectivity index is 1.34. The maximum absolute atomic E-state index is 2.65. The molecule has 12 rings (SSSR count). The number of aromatic nitrogens is 2. The molecule has 0 aliphatic carbocycles. The molecular formula is C62H58N2. The molecule has 12 aromatic rings. The first-order valence-electron chi connectivity index (χ1n) is 23.3. The van der Waals surface area contributed by atoms with Crippen molar-refractivity contribution in [2.24, 2.45) is 0 Å². The third kappa shape index (κ3) is 5.44. The molecule has 0 fully saturated rings. The van der Waals surface area contributed by atoms with Gasteiger partial charge in [0.2, 0.25) is 0 Å². The van der Waals surface area contributed by atoms with Gasteiger partial charge in [-0.1, -0.05) is 156 Å². The highest BCUT2D eigenvalue weighted by atomic mass is 14.9. The largest absolute Gasteiger partial charge is 0.308 e. The van der Waals surface area contributed by atoms with Gasteiger partial charge in [0.1, 0.15) is 0 Å². The number of fused-ring (bicyclic) bond motifs is 13. The second kappa shape index (κ2) is 12.7. The van der Waals surface area contributed by atoms with Crippen LogP contribution < -0.4 is 0 Å². The van der Waals surface area contributed by atoms with E-state index in [2.05, 4.69) is 225 Å². The molecule has 0 bridgehead atoms. The summed E-state index contributed by atoms with van der Waals surface area (Å²) in [5.41, 5.74) is 18.2. The highest BCUT2D eigenvalue weighted by molar-refractivity contribution is 6.34. The van der Waals surface area contributed by atoms with E-state index in [1.54, 1.807) is 0 Å². The fourth-order valence-corrected chi connectivity index (χ4v) is 11.1. The van der Waals surface area contributed by atoms with Crippen LogP contribution in [-0.2, 0) is 21.7 Å². The van der Waals surface area contributed by atoms with Gasteiger partial charge in [-0.15, -0.1) is 0 Å². The van der Waals surface area contributed by atoms with Gasteiger partial charge >= 0.3 is 0 Å². The number of nitrogens with zero attached hydrogens (tertiary/aromatic N) is 2. The van der Waals surface area contributed by atoms with Gasteiger partial charge in [-0.3, -0.25) is 0 Å². The zero-order valence-corrected chi connectivity index (χ0v) is 39.6. The molecule has 64 heavy (non-hydrogen) atoms. The van der Waals surface area contributed by atoms with Crippen LogP contribution in [-0.4, -0.2) is 8.80 Å². The molecule has 0 radical (unpaired) electrons. The Labute approximate surface area is 376 Å². The fraction of sp³-hybridized carbons (Fsp3) is 0.258. The molecule has 2 heteroatoms. The highest BCUT2D eigenvalue weighted by Crippen LogP contribution is 2.52. The Morgan fingerprint density at radius 2 is 0.781 bits per heavy atom. The quantitative estimate of drug-likeness (QED) is 0.164. The summed E-state index contributed by atoms with van der Waals surface area (Å²) in [6.07, 6.45) is 0. The van der Waals surface area contributed by atoms with Crippen LogP contribution in [0.4, 0.5) is 0 Å². The Kier molecular flexibility index (Phi) is 7.76.